The Labute approximate surface area is 160 Å². The third kappa shape index (κ3) is 4.00. The predicted octanol–water partition coefficient (Wildman–Crippen LogP) is 4.16. The van der Waals surface area contributed by atoms with E-state index < -0.39 is 29.0 Å². The van der Waals surface area contributed by atoms with Gasteiger partial charge >= 0.3 is 0 Å². The first-order valence-electron chi connectivity index (χ1n) is 9.13. The summed E-state index contributed by atoms with van der Waals surface area (Å²) in [6, 6.07) is 3.15. The molecule has 1 aromatic heterocycles. The van der Waals surface area contributed by atoms with E-state index in [2.05, 4.69) is 10.3 Å². The number of benzene rings is 1. The first-order chi connectivity index (χ1) is 13.4. The third-order valence-corrected chi connectivity index (χ3v) is 4.89. The molecule has 5 nitrogen and oxygen atoms in total. The van der Waals surface area contributed by atoms with Crippen LogP contribution < -0.4 is 5.32 Å². The second-order valence-electron chi connectivity index (χ2n) is 6.70. The lowest BCUT2D eigenvalue weighted by molar-refractivity contribution is 0.0607. The minimum absolute atomic E-state index is 0.0139. The molecule has 0 bridgehead atoms. The van der Waals surface area contributed by atoms with Crippen LogP contribution in [-0.4, -0.2) is 34.3 Å². The summed E-state index contributed by atoms with van der Waals surface area (Å²) >= 11 is 0. The van der Waals surface area contributed by atoms with Crippen LogP contribution in [0.25, 0.3) is 0 Å². The van der Waals surface area contributed by atoms with Gasteiger partial charge in [0.2, 0.25) is 0 Å². The van der Waals surface area contributed by atoms with E-state index in [-0.39, 0.29) is 23.1 Å². The number of pyridine rings is 1. The van der Waals surface area contributed by atoms with Gasteiger partial charge in [-0.05, 0) is 43.9 Å². The number of rotatable bonds is 4. The zero-order valence-corrected chi connectivity index (χ0v) is 15.3. The van der Waals surface area contributed by atoms with Crippen LogP contribution in [0.1, 0.15) is 53.3 Å². The molecule has 1 unspecified atom stereocenters. The van der Waals surface area contributed by atoms with Gasteiger partial charge < -0.3 is 10.2 Å². The highest BCUT2D eigenvalue weighted by molar-refractivity contribution is 6.05. The standard InChI is InChI=1S/C20H20F3N3O2/c1-2-14-5-3-4-8-26(14)20(28)13-9-12(10-24-11-13)19(27)25-16-7-6-15(21)17(22)18(16)23/h6-7,9-11,14H,2-5,8H2,1H3,(H,25,27). The van der Waals surface area contributed by atoms with E-state index >= 15 is 0 Å². The van der Waals surface area contributed by atoms with E-state index in [1.165, 1.54) is 18.5 Å². The van der Waals surface area contributed by atoms with Gasteiger partial charge in [0.25, 0.3) is 11.8 Å². The summed E-state index contributed by atoms with van der Waals surface area (Å²) in [6.45, 7) is 2.67. The second kappa shape index (κ2) is 8.41. The van der Waals surface area contributed by atoms with Crippen LogP contribution in [0.3, 0.4) is 0 Å². The summed E-state index contributed by atoms with van der Waals surface area (Å²) in [5.41, 5.74) is -0.235. The van der Waals surface area contributed by atoms with E-state index in [0.29, 0.717) is 12.6 Å². The number of hydrogen-bond acceptors (Lipinski definition) is 3. The van der Waals surface area contributed by atoms with Crippen molar-refractivity contribution in [1.82, 2.24) is 9.88 Å². The van der Waals surface area contributed by atoms with Crippen LogP contribution in [-0.2, 0) is 0 Å². The number of aromatic nitrogens is 1. The number of piperidine rings is 1. The summed E-state index contributed by atoms with van der Waals surface area (Å²) in [6.07, 6.45) is 6.37. The van der Waals surface area contributed by atoms with E-state index in [4.69, 9.17) is 0 Å². The Bertz CT molecular complexity index is 904. The van der Waals surface area contributed by atoms with Crippen molar-refractivity contribution >= 4 is 17.5 Å². The Morgan fingerprint density at radius 1 is 1.14 bits per heavy atom. The summed E-state index contributed by atoms with van der Waals surface area (Å²) < 4.78 is 40.1. The fourth-order valence-electron chi connectivity index (χ4n) is 3.36. The summed E-state index contributed by atoms with van der Waals surface area (Å²) in [4.78, 5) is 30.9. The summed E-state index contributed by atoms with van der Waals surface area (Å²) in [7, 11) is 0. The van der Waals surface area contributed by atoms with Crippen molar-refractivity contribution in [2.45, 2.75) is 38.6 Å². The number of nitrogens with one attached hydrogen (secondary N) is 1. The molecule has 1 fully saturated rings. The van der Waals surface area contributed by atoms with Gasteiger partial charge in [-0.15, -0.1) is 0 Å². The van der Waals surface area contributed by atoms with Gasteiger partial charge in [-0.3, -0.25) is 14.6 Å². The molecule has 0 aliphatic carbocycles. The van der Waals surface area contributed by atoms with Gasteiger partial charge in [-0.2, -0.15) is 0 Å². The molecular formula is C20H20F3N3O2. The van der Waals surface area contributed by atoms with E-state index in [0.717, 1.165) is 31.7 Å². The van der Waals surface area contributed by atoms with Crippen molar-refractivity contribution in [2.75, 3.05) is 11.9 Å². The van der Waals surface area contributed by atoms with E-state index in [1.807, 2.05) is 6.92 Å². The van der Waals surface area contributed by atoms with Gasteiger partial charge in [-0.25, -0.2) is 13.2 Å². The number of amides is 2. The zero-order valence-electron chi connectivity index (χ0n) is 15.3. The SMILES string of the molecule is CCC1CCCCN1C(=O)c1cncc(C(=O)Nc2ccc(F)c(F)c2F)c1. The van der Waals surface area contributed by atoms with Crippen molar-refractivity contribution < 1.29 is 22.8 Å². The Morgan fingerprint density at radius 3 is 2.64 bits per heavy atom. The van der Waals surface area contributed by atoms with Crippen LogP contribution in [0.5, 0.6) is 0 Å². The molecule has 148 valence electrons. The molecule has 1 aromatic carbocycles. The highest BCUT2D eigenvalue weighted by Gasteiger charge is 2.27. The van der Waals surface area contributed by atoms with Gasteiger partial charge in [0.15, 0.2) is 17.5 Å². The average molecular weight is 391 g/mol. The molecule has 1 atom stereocenters. The Kier molecular flexibility index (Phi) is 5.96. The topological polar surface area (TPSA) is 62.3 Å². The first kappa shape index (κ1) is 19.9. The van der Waals surface area contributed by atoms with E-state index in [1.54, 1.807) is 4.90 Å². The zero-order chi connectivity index (χ0) is 20.3. The minimum atomic E-state index is -1.67. The molecule has 2 amide bonds. The van der Waals surface area contributed by atoms with Gasteiger partial charge in [-0.1, -0.05) is 6.92 Å². The van der Waals surface area contributed by atoms with Crippen LogP contribution in [0, 0.1) is 17.5 Å². The molecule has 0 saturated carbocycles. The molecule has 2 aromatic rings. The largest absolute Gasteiger partial charge is 0.336 e. The molecule has 8 heteroatoms. The smallest absolute Gasteiger partial charge is 0.257 e. The van der Waals surface area contributed by atoms with Crippen LogP contribution in [0.4, 0.5) is 18.9 Å². The molecule has 1 aliphatic rings. The molecule has 0 spiro atoms. The fraction of sp³-hybridized carbons (Fsp3) is 0.350. The first-order valence-corrected chi connectivity index (χ1v) is 9.13. The predicted molar refractivity (Wildman–Crippen MR) is 97.5 cm³/mol. The second-order valence-corrected chi connectivity index (χ2v) is 6.70. The fourth-order valence-corrected chi connectivity index (χ4v) is 3.36. The maximum Gasteiger partial charge on any atom is 0.257 e. The Hall–Kier alpha value is -2.90. The number of likely N-dealkylation sites (tertiary alicyclic amines) is 1. The number of nitrogens with zero attached hydrogens (tertiary/aromatic N) is 2. The van der Waals surface area contributed by atoms with Gasteiger partial charge in [0.1, 0.15) is 0 Å². The van der Waals surface area contributed by atoms with Crippen molar-refractivity contribution in [1.29, 1.82) is 0 Å². The van der Waals surface area contributed by atoms with Crippen molar-refractivity contribution in [3.05, 3.63) is 59.2 Å². The maximum atomic E-state index is 13.8. The van der Waals surface area contributed by atoms with Gasteiger partial charge in [0.05, 0.1) is 16.8 Å². The molecular weight excluding hydrogens is 371 g/mol. The maximum absolute atomic E-state index is 13.8. The van der Waals surface area contributed by atoms with Crippen LogP contribution in [0.15, 0.2) is 30.6 Å². The summed E-state index contributed by atoms with van der Waals surface area (Å²) in [5, 5.41) is 2.17. The number of carbonyl (C=O) groups is 2. The lowest BCUT2D eigenvalue weighted by Crippen LogP contribution is -2.43. The molecule has 3 rings (SSSR count). The molecule has 1 saturated heterocycles. The van der Waals surface area contributed by atoms with Crippen LogP contribution >= 0.6 is 0 Å². The van der Waals surface area contributed by atoms with Crippen LogP contribution in [0.2, 0.25) is 0 Å². The Morgan fingerprint density at radius 2 is 1.89 bits per heavy atom. The molecule has 1 N–H and O–H groups in total. The highest BCUT2D eigenvalue weighted by atomic mass is 19.2. The molecule has 28 heavy (non-hydrogen) atoms. The average Bonchev–Trinajstić information content (AvgIpc) is 2.73. The normalized spacial score (nSPS) is 16.7. The monoisotopic (exact) mass is 391 g/mol. The third-order valence-electron chi connectivity index (χ3n) is 4.89. The lowest BCUT2D eigenvalue weighted by Gasteiger charge is -2.35. The van der Waals surface area contributed by atoms with E-state index in [9.17, 15) is 22.8 Å². The quantitative estimate of drug-likeness (QED) is 0.797. The number of halogens is 3. The molecule has 2 heterocycles. The number of carbonyl (C=O) groups excluding carboxylic acids is 2. The van der Waals surface area contributed by atoms with Gasteiger partial charge in [0, 0.05) is 25.0 Å². The van der Waals surface area contributed by atoms with Crippen molar-refractivity contribution in [3.8, 4) is 0 Å². The molecule has 1 aliphatic heterocycles. The highest BCUT2D eigenvalue weighted by Crippen LogP contribution is 2.23. The molecule has 0 radical (unpaired) electrons. The number of hydrogen-bond donors (Lipinski definition) is 1. The van der Waals surface area contributed by atoms with Crippen molar-refractivity contribution in [2.24, 2.45) is 0 Å². The lowest BCUT2D eigenvalue weighted by atomic mass is 9.99. The van der Waals surface area contributed by atoms with Crippen molar-refractivity contribution in [3.63, 3.8) is 0 Å². The summed E-state index contributed by atoms with van der Waals surface area (Å²) in [5.74, 6) is -5.51. The minimum Gasteiger partial charge on any atom is -0.336 e. The Balaban J connectivity index is 1.80. The number of anilines is 1.